The van der Waals surface area contributed by atoms with Crippen LogP contribution in [0.5, 0.6) is 0 Å². The van der Waals surface area contributed by atoms with E-state index in [0.717, 1.165) is 6.07 Å². The van der Waals surface area contributed by atoms with Gasteiger partial charge >= 0.3 is 7.12 Å². The van der Waals surface area contributed by atoms with E-state index in [1.165, 1.54) is 6.07 Å². The summed E-state index contributed by atoms with van der Waals surface area (Å²) in [6.45, 7) is 0.888. The first kappa shape index (κ1) is 16.4. The maximum absolute atomic E-state index is 14.2. The molecule has 0 aliphatic carbocycles. The highest BCUT2D eigenvalue weighted by molar-refractivity contribution is 6.58. The monoisotopic (exact) mass is 311 g/mol. The van der Waals surface area contributed by atoms with Crippen molar-refractivity contribution in [1.82, 2.24) is 9.78 Å². The van der Waals surface area contributed by atoms with Crippen LogP contribution in [0.25, 0.3) is 11.1 Å². The Kier molecular flexibility index (Phi) is 5.12. The van der Waals surface area contributed by atoms with Gasteiger partial charge in [0.25, 0.3) is 0 Å². The molecular weight excluding hydrogens is 295 g/mol. The van der Waals surface area contributed by atoms with Crippen LogP contribution < -0.4 is 10.8 Å². The molecule has 0 aliphatic heterocycles. The Morgan fingerprint density at radius 3 is 2.59 bits per heavy atom. The molecule has 22 heavy (non-hydrogen) atoms. The fourth-order valence-electron chi connectivity index (χ4n) is 2.07. The quantitative estimate of drug-likeness (QED) is 0.664. The number of benzene rings is 1. The molecule has 0 unspecified atom stereocenters. The van der Waals surface area contributed by atoms with Gasteiger partial charge in [0.2, 0.25) is 0 Å². The summed E-state index contributed by atoms with van der Waals surface area (Å²) >= 11 is 0. The van der Waals surface area contributed by atoms with Crippen molar-refractivity contribution in [3.05, 3.63) is 30.0 Å². The van der Waals surface area contributed by atoms with Gasteiger partial charge in [-0.15, -0.1) is 0 Å². The summed E-state index contributed by atoms with van der Waals surface area (Å²) in [6, 6.07) is 2.41. The molecule has 0 fully saturated rings. The number of hydrogen-bond donors (Lipinski definition) is 3. The highest BCUT2D eigenvalue weighted by Gasteiger charge is 2.24. The zero-order valence-corrected chi connectivity index (χ0v) is 12.2. The number of aromatic nitrogens is 2. The Bertz CT molecular complexity index is 664. The Morgan fingerprint density at radius 1 is 1.27 bits per heavy atom. The van der Waals surface area contributed by atoms with Crippen molar-refractivity contribution in [3.63, 3.8) is 0 Å². The lowest BCUT2D eigenvalue weighted by molar-refractivity contribution is 0.183. The molecule has 0 bridgehead atoms. The van der Waals surface area contributed by atoms with E-state index >= 15 is 0 Å². The average Bonchev–Trinajstić information content (AvgIpc) is 2.90. The number of halogens is 2. The van der Waals surface area contributed by atoms with Crippen molar-refractivity contribution in [3.8, 4) is 11.1 Å². The minimum absolute atomic E-state index is 0.0186. The van der Waals surface area contributed by atoms with Crippen molar-refractivity contribution < 1.29 is 23.6 Å². The van der Waals surface area contributed by atoms with Gasteiger partial charge in [0.05, 0.1) is 13.2 Å². The molecule has 2 rings (SSSR count). The van der Waals surface area contributed by atoms with E-state index in [-0.39, 0.29) is 5.56 Å². The number of anilines is 1. The third-order valence-electron chi connectivity index (χ3n) is 3.20. The Hall–Kier alpha value is -1.97. The van der Waals surface area contributed by atoms with Gasteiger partial charge in [0.1, 0.15) is 0 Å². The van der Waals surface area contributed by atoms with Crippen LogP contribution in [0.15, 0.2) is 18.3 Å². The van der Waals surface area contributed by atoms with E-state index in [1.807, 2.05) is 0 Å². The lowest BCUT2D eigenvalue weighted by Gasteiger charge is -2.08. The normalized spacial score (nSPS) is 10.8. The number of rotatable bonds is 6. The summed E-state index contributed by atoms with van der Waals surface area (Å²) in [4.78, 5) is 0. The number of nitrogens with zero attached hydrogens (tertiary/aromatic N) is 2. The van der Waals surface area contributed by atoms with E-state index in [1.54, 1.807) is 25.0 Å². The van der Waals surface area contributed by atoms with Crippen molar-refractivity contribution in [1.29, 1.82) is 0 Å². The number of hydrogen-bond acceptors (Lipinski definition) is 5. The molecule has 118 valence electrons. The maximum Gasteiger partial charge on any atom is 0.491 e. The molecule has 0 amide bonds. The van der Waals surface area contributed by atoms with Crippen LogP contribution in [0.3, 0.4) is 0 Å². The van der Waals surface area contributed by atoms with Gasteiger partial charge < -0.3 is 20.1 Å². The van der Waals surface area contributed by atoms with Crippen molar-refractivity contribution in [2.45, 2.75) is 6.54 Å². The van der Waals surface area contributed by atoms with Crippen molar-refractivity contribution in [2.24, 2.45) is 0 Å². The summed E-state index contributed by atoms with van der Waals surface area (Å²) in [7, 11) is 1.10. The molecule has 1 heterocycles. The molecule has 1 aromatic carbocycles. The zero-order valence-electron chi connectivity index (χ0n) is 12.2. The van der Waals surface area contributed by atoms with Crippen LogP contribution in [-0.4, -0.2) is 47.7 Å². The molecule has 9 heteroatoms. The maximum atomic E-state index is 14.2. The average molecular weight is 311 g/mol. The molecule has 3 N–H and O–H groups in total. The highest BCUT2D eigenvalue weighted by Crippen LogP contribution is 2.29. The van der Waals surface area contributed by atoms with Crippen LogP contribution >= 0.6 is 0 Å². The van der Waals surface area contributed by atoms with Gasteiger partial charge in [0.15, 0.2) is 17.5 Å². The molecule has 0 spiro atoms. The van der Waals surface area contributed by atoms with Crippen molar-refractivity contribution in [2.75, 3.05) is 26.1 Å². The summed E-state index contributed by atoms with van der Waals surface area (Å²) < 4.78 is 34.6. The molecule has 0 saturated heterocycles. The number of ether oxygens (including phenoxy) is 1. The lowest BCUT2D eigenvalue weighted by Crippen LogP contribution is -2.33. The van der Waals surface area contributed by atoms with Gasteiger partial charge in [0, 0.05) is 36.9 Å². The molecule has 2 aromatic rings. The van der Waals surface area contributed by atoms with E-state index in [4.69, 9.17) is 14.8 Å². The van der Waals surface area contributed by atoms with Crippen LogP contribution in [0, 0.1) is 11.6 Å². The lowest BCUT2D eigenvalue weighted by atomic mass is 9.79. The third kappa shape index (κ3) is 3.11. The first-order valence-electron chi connectivity index (χ1n) is 6.58. The van der Waals surface area contributed by atoms with Crippen LogP contribution in [-0.2, 0) is 11.3 Å². The smallest absolute Gasteiger partial charge is 0.423 e. The Morgan fingerprint density at radius 2 is 2.00 bits per heavy atom. The van der Waals surface area contributed by atoms with Gasteiger partial charge in [-0.25, -0.2) is 8.78 Å². The first-order chi connectivity index (χ1) is 10.5. The summed E-state index contributed by atoms with van der Waals surface area (Å²) in [5, 5.41) is 25.0. The molecule has 0 radical (unpaired) electrons. The molecule has 6 nitrogen and oxygen atoms in total. The van der Waals surface area contributed by atoms with Gasteiger partial charge in [-0.05, 0) is 0 Å². The second-order valence-corrected chi connectivity index (χ2v) is 4.60. The zero-order chi connectivity index (χ0) is 16.3. The summed E-state index contributed by atoms with van der Waals surface area (Å²) in [6.07, 6.45) is 1.57. The fraction of sp³-hybridized carbons (Fsp3) is 0.308. The van der Waals surface area contributed by atoms with Crippen LogP contribution in [0.1, 0.15) is 0 Å². The molecule has 0 atom stereocenters. The predicted molar refractivity (Wildman–Crippen MR) is 78.8 cm³/mol. The van der Waals surface area contributed by atoms with E-state index in [2.05, 4.69) is 10.4 Å². The van der Waals surface area contributed by atoms with E-state index < -0.39 is 24.2 Å². The van der Waals surface area contributed by atoms with Crippen LogP contribution in [0.4, 0.5) is 14.6 Å². The second kappa shape index (κ2) is 6.86. The Balaban J connectivity index is 2.47. The van der Waals surface area contributed by atoms with Crippen molar-refractivity contribution >= 4 is 18.4 Å². The van der Waals surface area contributed by atoms with Gasteiger partial charge in [-0.1, -0.05) is 12.1 Å². The standard InChI is InChI=1S/C13H16BF2N3O3/c1-17-13-9(7-19(18-13)5-6-22-2)8-3-4-10(14(20)21)12(16)11(8)15/h3-4,7,20-21H,5-6H2,1-2H3,(H,17,18). The minimum Gasteiger partial charge on any atom is -0.423 e. The molecule has 0 saturated carbocycles. The minimum atomic E-state index is -2.07. The number of methoxy groups -OCH3 is 1. The summed E-state index contributed by atoms with van der Waals surface area (Å²) in [5.41, 5.74) is -0.164. The van der Waals surface area contributed by atoms with Gasteiger partial charge in [-0.2, -0.15) is 5.10 Å². The molecular formula is C13H16BF2N3O3. The Labute approximate surface area is 126 Å². The second-order valence-electron chi connectivity index (χ2n) is 4.60. The van der Waals surface area contributed by atoms with E-state index in [9.17, 15) is 8.78 Å². The summed E-state index contributed by atoms with van der Waals surface area (Å²) in [5.74, 6) is -2.07. The van der Waals surface area contributed by atoms with E-state index in [0.29, 0.717) is 24.5 Å². The van der Waals surface area contributed by atoms with Crippen LogP contribution in [0.2, 0.25) is 0 Å². The van der Waals surface area contributed by atoms with Gasteiger partial charge in [-0.3, -0.25) is 4.68 Å². The first-order valence-corrected chi connectivity index (χ1v) is 6.58. The molecule has 1 aromatic heterocycles. The number of nitrogens with one attached hydrogen (secondary N) is 1. The topological polar surface area (TPSA) is 79.5 Å². The fourth-order valence-corrected chi connectivity index (χ4v) is 2.07. The largest absolute Gasteiger partial charge is 0.491 e. The third-order valence-corrected chi connectivity index (χ3v) is 3.20. The highest BCUT2D eigenvalue weighted by atomic mass is 19.2. The predicted octanol–water partition coefficient (Wildman–Crippen LogP) is 0.196. The molecule has 0 aliphatic rings. The SMILES string of the molecule is CNc1nn(CCOC)cc1-c1ccc(B(O)O)c(F)c1F.